The van der Waals surface area contributed by atoms with Gasteiger partial charge in [-0.2, -0.15) is 39.5 Å². The zero-order valence-electron chi connectivity index (χ0n) is 77.1. The van der Waals surface area contributed by atoms with Crippen LogP contribution in [0.1, 0.15) is 200 Å². The van der Waals surface area contributed by atoms with E-state index in [0.29, 0.717) is 60.9 Å². The number of aryl methyl sites for hydroxylation is 9. The second-order valence-corrected chi connectivity index (χ2v) is 29.3. The largest absolute Gasteiger partial charge is 0.490 e. The molecule has 0 atom stereocenters. The summed E-state index contributed by atoms with van der Waals surface area (Å²) in [7, 11) is 0. The molecule has 9 aromatic carbocycles. The molecule has 0 amide bonds. The highest BCUT2D eigenvalue weighted by Crippen LogP contribution is 2.31. The van der Waals surface area contributed by atoms with Gasteiger partial charge in [-0.1, -0.05) is 223 Å². The minimum atomic E-state index is -0.943. The fraction of sp³-hybridized carbons (Fsp3) is 0.398. The molecule has 0 heterocycles. The van der Waals surface area contributed by atoms with E-state index in [2.05, 4.69) is 60.9 Å². The van der Waals surface area contributed by atoms with Crippen LogP contribution in [0.25, 0.3) is 0 Å². The van der Waals surface area contributed by atoms with Gasteiger partial charge in [-0.3, -0.25) is 0 Å². The molecule has 0 spiro atoms. The van der Waals surface area contributed by atoms with Crippen LogP contribution >= 0.6 is 0 Å². The first-order valence-electron chi connectivity index (χ1n) is 43.1. The van der Waals surface area contributed by atoms with E-state index < -0.39 is 105 Å². The van der Waals surface area contributed by atoms with E-state index >= 15 is 0 Å². The van der Waals surface area contributed by atoms with Gasteiger partial charge in [0.15, 0.2) is 104 Å². The lowest BCUT2D eigenvalue weighted by Gasteiger charge is -2.08. The van der Waals surface area contributed by atoms with Gasteiger partial charge in [-0.15, -0.1) is 0 Å². The summed E-state index contributed by atoms with van der Waals surface area (Å²) in [5, 5.41) is 0. The number of hydrogen-bond acceptors (Lipinski definition) is 9. The van der Waals surface area contributed by atoms with Crippen LogP contribution in [0.2, 0.25) is 0 Å². The lowest BCUT2D eigenvalue weighted by Crippen LogP contribution is -2.01. The molecule has 0 aromatic heterocycles. The van der Waals surface area contributed by atoms with Gasteiger partial charge in [-0.25, -0.2) is 39.5 Å². The Morgan fingerprint density at radius 2 is 0.285 bits per heavy atom. The Balaban J connectivity index is 0.000000732. The first-order valence-corrected chi connectivity index (χ1v) is 43.1. The zero-order chi connectivity index (χ0) is 97.8. The van der Waals surface area contributed by atoms with Crippen molar-refractivity contribution in [2.45, 2.75) is 213 Å². The van der Waals surface area contributed by atoms with E-state index in [1.165, 1.54) is 196 Å². The molecule has 0 unspecified atom stereocenters. The molecule has 0 fully saturated rings. The average Bonchev–Trinajstić information content (AvgIpc) is 0.872. The van der Waals surface area contributed by atoms with Crippen molar-refractivity contribution in [2.75, 3.05) is 59.5 Å². The average molecular weight is 1850 g/mol. The van der Waals surface area contributed by atoms with Crippen molar-refractivity contribution in [3.63, 3.8) is 0 Å². The number of rotatable bonds is 40. The number of unbranched alkanes of at least 4 members (excludes halogenated alkanes) is 13. The van der Waals surface area contributed by atoms with Crippen LogP contribution in [-0.4, -0.2) is 59.5 Å². The molecule has 130 heavy (non-hydrogen) atoms. The zero-order valence-corrected chi connectivity index (χ0v) is 77.1. The standard InChI is InChI=1S/3C13H18F2O.2C12H16F2O.4C10H10F2O/c3*1-3-4-5-6-9-16-11-8-7-10(2)12(14)13(11)15;2*1-3-4-5-8-15-10-7-6-9(2)11(13)12(10)14;4*1-3-6-13-8-5-4-7(2)9(11)10(8)12/h3*7-8H,3-6,9H2,1-2H3;2*6-7H,3-5,8H2,1-2H3;4*3-5H,1,6H2,2H3. The van der Waals surface area contributed by atoms with Gasteiger partial charge in [0.1, 0.15) is 26.4 Å². The third kappa shape index (κ3) is 43.1. The Hall–Kier alpha value is -11.1. The quantitative estimate of drug-likeness (QED) is 0.0212. The van der Waals surface area contributed by atoms with Crippen LogP contribution in [0.3, 0.4) is 0 Å². The minimum absolute atomic E-state index is 0.00852. The molecular formula is C103H126F18O9. The second-order valence-electron chi connectivity index (χ2n) is 29.3. The maximum atomic E-state index is 13.3. The molecule has 9 nitrogen and oxygen atoms in total. The Bertz CT molecular complexity index is 4340. The monoisotopic (exact) mass is 1850 g/mol. The van der Waals surface area contributed by atoms with E-state index in [-0.39, 0.29) is 100 Å². The fourth-order valence-corrected chi connectivity index (χ4v) is 10.5. The van der Waals surface area contributed by atoms with Crippen molar-refractivity contribution >= 4 is 0 Å². The molecule has 0 aliphatic heterocycles. The van der Waals surface area contributed by atoms with Crippen molar-refractivity contribution in [1.29, 1.82) is 0 Å². The fourth-order valence-electron chi connectivity index (χ4n) is 10.5. The summed E-state index contributed by atoms with van der Waals surface area (Å²) in [6.45, 7) is 40.6. The van der Waals surface area contributed by atoms with E-state index in [1.54, 1.807) is 0 Å². The highest BCUT2D eigenvalue weighted by molar-refractivity contribution is 5.37. The third-order valence-corrected chi connectivity index (χ3v) is 18.4. The second kappa shape index (κ2) is 67.1. The lowest BCUT2D eigenvalue weighted by molar-refractivity contribution is 0.285. The molecule has 0 radical (unpaired) electrons. The van der Waals surface area contributed by atoms with Gasteiger partial charge in [0.05, 0.1) is 33.0 Å². The number of ether oxygens (including phenoxy) is 9. The molecule has 0 bridgehead atoms. The van der Waals surface area contributed by atoms with Gasteiger partial charge in [0, 0.05) is 0 Å². The maximum absolute atomic E-state index is 13.3. The van der Waals surface area contributed by atoms with Crippen LogP contribution in [0.15, 0.2) is 160 Å². The van der Waals surface area contributed by atoms with Gasteiger partial charge in [0.25, 0.3) is 0 Å². The van der Waals surface area contributed by atoms with Gasteiger partial charge < -0.3 is 42.6 Å². The summed E-state index contributed by atoms with van der Waals surface area (Å²) >= 11 is 0. The number of halogens is 18. The van der Waals surface area contributed by atoms with Crippen molar-refractivity contribution in [2.24, 2.45) is 0 Å². The highest BCUT2D eigenvalue weighted by atomic mass is 19.2. The van der Waals surface area contributed by atoms with E-state index in [1.807, 2.05) is 0 Å². The van der Waals surface area contributed by atoms with Crippen LogP contribution in [0.5, 0.6) is 51.7 Å². The molecule has 0 aliphatic carbocycles. The predicted molar refractivity (Wildman–Crippen MR) is 482 cm³/mol. The Labute approximate surface area is 756 Å². The van der Waals surface area contributed by atoms with E-state index in [9.17, 15) is 79.0 Å². The smallest absolute Gasteiger partial charge is 0.200 e. The Morgan fingerprint density at radius 3 is 0.408 bits per heavy atom. The molecule has 0 aliphatic rings. The summed E-state index contributed by atoms with van der Waals surface area (Å²) < 4.78 is 282. The lowest BCUT2D eigenvalue weighted by atomic mass is 10.2. The number of benzene rings is 9. The first kappa shape index (κ1) is 117. The summed E-state index contributed by atoms with van der Waals surface area (Å²) in [6, 6.07) is 26.5. The topological polar surface area (TPSA) is 83.1 Å². The summed E-state index contributed by atoms with van der Waals surface area (Å²) in [5.41, 5.74) is 2.57. The number of hydrogen-bond donors (Lipinski definition) is 0. The van der Waals surface area contributed by atoms with E-state index in [0.717, 1.165) is 116 Å². The Kier molecular flexibility index (Phi) is 60.4. The van der Waals surface area contributed by atoms with Crippen molar-refractivity contribution in [3.8, 4) is 51.7 Å². The first-order chi connectivity index (χ1) is 62.0. The van der Waals surface area contributed by atoms with Gasteiger partial charge >= 0.3 is 0 Å². The molecule has 27 heteroatoms. The minimum Gasteiger partial charge on any atom is -0.490 e. The molecule has 9 rings (SSSR count). The molecular weight excluding hydrogens is 1720 g/mol. The summed E-state index contributed by atoms with van der Waals surface area (Å²) in [5.74, 6) is -16.0. The van der Waals surface area contributed by atoms with Crippen molar-refractivity contribution in [3.05, 3.63) is 315 Å². The Morgan fingerprint density at radius 1 is 0.169 bits per heavy atom. The maximum Gasteiger partial charge on any atom is 0.200 e. The SMILES string of the molecule is C=CCOc1ccc(C)c(F)c1F.C=CCOc1ccc(C)c(F)c1F.C=CCOc1ccc(C)c(F)c1F.C=CCOc1ccc(C)c(F)c1F.CCCCCCOc1ccc(C)c(F)c1F.CCCCCCOc1ccc(C)c(F)c1F.CCCCCCOc1ccc(C)c(F)c1F.CCCCCOc1ccc(C)c(F)c1F.CCCCCOc1ccc(C)c(F)c1F. The van der Waals surface area contributed by atoms with E-state index in [4.69, 9.17) is 42.6 Å². The molecule has 0 saturated carbocycles. The van der Waals surface area contributed by atoms with Gasteiger partial charge in [0.2, 0.25) is 52.4 Å². The van der Waals surface area contributed by atoms with Gasteiger partial charge in [-0.05, 0) is 199 Å². The van der Waals surface area contributed by atoms with Crippen LogP contribution < -0.4 is 42.6 Å². The molecule has 9 aromatic rings. The van der Waals surface area contributed by atoms with Crippen LogP contribution in [-0.2, 0) is 0 Å². The predicted octanol–water partition coefficient (Wildman–Crippen LogP) is 31.7. The van der Waals surface area contributed by atoms with Crippen LogP contribution in [0.4, 0.5) is 79.0 Å². The summed E-state index contributed by atoms with van der Waals surface area (Å²) in [4.78, 5) is 0. The highest BCUT2D eigenvalue weighted by Gasteiger charge is 2.20. The summed E-state index contributed by atoms with van der Waals surface area (Å²) in [6.07, 6.45) is 24.5. The van der Waals surface area contributed by atoms with Crippen LogP contribution in [0, 0.1) is 167 Å². The normalized spacial score (nSPS) is 10.2. The van der Waals surface area contributed by atoms with Crippen molar-refractivity contribution in [1.82, 2.24) is 0 Å². The third-order valence-electron chi connectivity index (χ3n) is 18.4. The molecule has 0 N–H and O–H groups in total. The molecule has 0 saturated heterocycles. The molecule has 718 valence electrons. The van der Waals surface area contributed by atoms with Crippen molar-refractivity contribution < 1.29 is 122 Å².